The van der Waals surface area contributed by atoms with Gasteiger partial charge >= 0.3 is 0 Å². The Labute approximate surface area is 167 Å². The number of anilines is 1. The lowest BCUT2D eigenvalue weighted by atomic mass is 10.2. The number of hydrogen-bond acceptors (Lipinski definition) is 3. The Kier molecular flexibility index (Phi) is 4.26. The Bertz CT molecular complexity index is 1310. The molecule has 5 nitrogen and oxygen atoms in total. The highest BCUT2D eigenvalue weighted by molar-refractivity contribution is 6.05. The molecule has 140 valence electrons. The monoisotopic (exact) mass is 378 g/mol. The van der Waals surface area contributed by atoms with E-state index in [0.717, 1.165) is 27.9 Å². The number of imidazole rings is 1. The lowest BCUT2D eigenvalue weighted by molar-refractivity contribution is 0.0980. The summed E-state index contributed by atoms with van der Waals surface area (Å²) < 4.78 is 2.00. The predicted octanol–water partition coefficient (Wildman–Crippen LogP) is 4.73. The average Bonchev–Trinajstić information content (AvgIpc) is 3.20. The van der Waals surface area contributed by atoms with Crippen molar-refractivity contribution in [2.24, 2.45) is 0 Å². The van der Waals surface area contributed by atoms with E-state index < -0.39 is 0 Å². The number of rotatable bonds is 4. The van der Waals surface area contributed by atoms with E-state index in [-0.39, 0.29) is 5.91 Å². The number of amides is 1. The summed E-state index contributed by atoms with van der Waals surface area (Å²) in [5.74, 6) is -0.146. The van der Waals surface area contributed by atoms with Crippen molar-refractivity contribution in [3.63, 3.8) is 0 Å². The van der Waals surface area contributed by atoms with Gasteiger partial charge in [0, 0.05) is 17.3 Å². The quantitative estimate of drug-likeness (QED) is 0.454. The van der Waals surface area contributed by atoms with Gasteiger partial charge in [0.1, 0.15) is 11.3 Å². The summed E-state index contributed by atoms with van der Waals surface area (Å²) >= 11 is 0. The van der Waals surface area contributed by atoms with E-state index >= 15 is 0 Å². The van der Waals surface area contributed by atoms with Crippen molar-refractivity contribution in [3.8, 4) is 0 Å². The van der Waals surface area contributed by atoms with Crippen LogP contribution in [0.15, 0.2) is 97.3 Å². The number of carbonyl (C=O) groups excluding carboxylic acids is 1. The zero-order chi connectivity index (χ0) is 19.6. The fourth-order valence-electron chi connectivity index (χ4n) is 3.48. The van der Waals surface area contributed by atoms with E-state index in [1.807, 2.05) is 95.7 Å². The summed E-state index contributed by atoms with van der Waals surface area (Å²) in [5.41, 5.74) is 3.83. The number of aromatic nitrogens is 3. The van der Waals surface area contributed by atoms with Crippen molar-refractivity contribution >= 4 is 28.1 Å². The van der Waals surface area contributed by atoms with Crippen molar-refractivity contribution in [2.75, 3.05) is 4.90 Å². The van der Waals surface area contributed by atoms with Crippen LogP contribution in [-0.2, 0) is 6.54 Å². The third-order valence-corrected chi connectivity index (χ3v) is 4.94. The van der Waals surface area contributed by atoms with E-state index in [2.05, 4.69) is 9.97 Å². The SMILES string of the molecule is O=C(c1ccc2ccccc2n1)N(Cc1cnc2ccccn12)c1ccccc1. The third kappa shape index (κ3) is 3.23. The Morgan fingerprint density at radius 3 is 2.55 bits per heavy atom. The van der Waals surface area contributed by atoms with Crippen LogP contribution in [0.3, 0.4) is 0 Å². The van der Waals surface area contributed by atoms with Gasteiger partial charge in [-0.05, 0) is 36.4 Å². The van der Waals surface area contributed by atoms with Crippen LogP contribution in [0, 0.1) is 0 Å². The fraction of sp³-hybridized carbons (Fsp3) is 0.0417. The first-order chi connectivity index (χ1) is 14.3. The number of benzene rings is 2. The first-order valence-corrected chi connectivity index (χ1v) is 9.43. The average molecular weight is 378 g/mol. The van der Waals surface area contributed by atoms with E-state index in [1.54, 1.807) is 11.0 Å². The second-order valence-corrected chi connectivity index (χ2v) is 6.79. The second-order valence-electron chi connectivity index (χ2n) is 6.79. The molecule has 2 aromatic carbocycles. The van der Waals surface area contributed by atoms with Crippen LogP contribution in [0.25, 0.3) is 16.6 Å². The minimum Gasteiger partial charge on any atom is -0.302 e. The molecule has 0 aliphatic carbocycles. The topological polar surface area (TPSA) is 50.5 Å². The van der Waals surface area contributed by atoms with Crippen molar-refractivity contribution in [1.29, 1.82) is 0 Å². The normalized spacial score (nSPS) is 11.0. The summed E-state index contributed by atoms with van der Waals surface area (Å²) in [5, 5.41) is 1.01. The molecule has 0 aliphatic rings. The standard InChI is InChI=1S/C24H18N4O/c29-24(22-14-13-18-8-4-5-11-21(18)26-22)28(19-9-2-1-3-10-19)17-20-16-25-23-12-6-7-15-27(20)23/h1-16H,17H2. The summed E-state index contributed by atoms with van der Waals surface area (Å²) in [6.07, 6.45) is 3.77. The highest BCUT2D eigenvalue weighted by Crippen LogP contribution is 2.21. The maximum atomic E-state index is 13.5. The van der Waals surface area contributed by atoms with Gasteiger partial charge in [-0.15, -0.1) is 0 Å². The van der Waals surface area contributed by atoms with Crippen molar-refractivity contribution in [2.45, 2.75) is 6.54 Å². The molecule has 5 rings (SSSR count). The fourth-order valence-corrected chi connectivity index (χ4v) is 3.48. The van der Waals surface area contributed by atoms with Crippen molar-refractivity contribution in [3.05, 3.63) is 109 Å². The Balaban J connectivity index is 1.57. The number of fused-ring (bicyclic) bond motifs is 2. The summed E-state index contributed by atoms with van der Waals surface area (Å²) in [7, 11) is 0. The van der Waals surface area contributed by atoms with Crippen molar-refractivity contribution < 1.29 is 4.79 Å². The van der Waals surface area contributed by atoms with Gasteiger partial charge < -0.3 is 9.30 Å². The van der Waals surface area contributed by atoms with E-state index in [1.165, 1.54) is 0 Å². The lowest BCUT2D eigenvalue weighted by Gasteiger charge is -2.22. The zero-order valence-corrected chi connectivity index (χ0v) is 15.6. The maximum absolute atomic E-state index is 13.5. The number of carbonyl (C=O) groups is 1. The van der Waals surface area contributed by atoms with Crippen LogP contribution in [0.2, 0.25) is 0 Å². The highest BCUT2D eigenvalue weighted by Gasteiger charge is 2.21. The molecule has 3 heterocycles. The number of nitrogens with zero attached hydrogens (tertiary/aromatic N) is 4. The van der Waals surface area contributed by atoms with E-state index in [9.17, 15) is 4.79 Å². The van der Waals surface area contributed by atoms with Crippen LogP contribution >= 0.6 is 0 Å². The molecular weight excluding hydrogens is 360 g/mol. The van der Waals surface area contributed by atoms with E-state index in [0.29, 0.717) is 12.2 Å². The van der Waals surface area contributed by atoms with Gasteiger partial charge in [-0.1, -0.05) is 48.5 Å². The molecule has 3 aromatic heterocycles. The molecule has 0 bridgehead atoms. The molecule has 0 saturated heterocycles. The predicted molar refractivity (Wildman–Crippen MR) is 114 cm³/mol. The number of para-hydroxylation sites is 2. The van der Waals surface area contributed by atoms with Gasteiger partial charge in [-0.3, -0.25) is 4.79 Å². The second kappa shape index (κ2) is 7.20. The first-order valence-electron chi connectivity index (χ1n) is 9.43. The number of pyridine rings is 2. The highest BCUT2D eigenvalue weighted by atomic mass is 16.2. The van der Waals surface area contributed by atoms with Gasteiger partial charge in [-0.2, -0.15) is 0 Å². The number of hydrogen-bond donors (Lipinski definition) is 0. The van der Waals surface area contributed by atoms with Crippen LogP contribution in [0.1, 0.15) is 16.2 Å². The summed E-state index contributed by atoms with van der Waals surface area (Å²) in [4.78, 5) is 24.3. The summed E-state index contributed by atoms with van der Waals surface area (Å²) in [6, 6.07) is 27.0. The van der Waals surface area contributed by atoms with E-state index in [4.69, 9.17) is 0 Å². The zero-order valence-electron chi connectivity index (χ0n) is 15.6. The molecule has 0 atom stereocenters. The molecular formula is C24H18N4O. The van der Waals surface area contributed by atoms with Gasteiger partial charge in [0.25, 0.3) is 5.91 Å². The lowest BCUT2D eigenvalue weighted by Crippen LogP contribution is -2.31. The van der Waals surface area contributed by atoms with Crippen molar-refractivity contribution in [1.82, 2.24) is 14.4 Å². The molecule has 0 unspecified atom stereocenters. The van der Waals surface area contributed by atoms with Gasteiger partial charge in [0.2, 0.25) is 0 Å². The Hall–Kier alpha value is -3.99. The van der Waals surface area contributed by atoms with Gasteiger partial charge in [-0.25, -0.2) is 9.97 Å². The van der Waals surface area contributed by atoms with Crippen LogP contribution < -0.4 is 4.90 Å². The molecule has 0 fully saturated rings. The Morgan fingerprint density at radius 2 is 1.66 bits per heavy atom. The smallest absolute Gasteiger partial charge is 0.277 e. The van der Waals surface area contributed by atoms with Crippen LogP contribution in [-0.4, -0.2) is 20.3 Å². The molecule has 1 amide bonds. The molecule has 0 radical (unpaired) electrons. The minimum atomic E-state index is -0.146. The molecule has 29 heavy (non-hydrogen) atoms. The third-order valence-electron chi connectivity index (χ3n) is 4.94. The molecule has 0 aliphatic heterocycles. The molecule has 5 aromatic rings. The van der Waals surface area contributed by atoms with Gasteiger partial charge in [0.15, 0.2) is 0 Å². The molecule has 5 heteroatoms. The Morgan fingerprint density at radius 1 is 0.862 bits per heavy atom. The molecule has 0 N–H and O–H groups in total. The van der Waals surface area contributed by atoms with Gasteiger partial charge in [0.05, 0.1) is 24.0 Å². The maximum Gasteiger partial charge on any atom is 0.277 e. The largest absolute Gasteiger partial charge is 0.302 e. The molecule has 0 saturated carbocycles. The molecule has 0 spiro atoms. The van der Waals surface area contributed by atoms with Crippen LogP contribution in [0.5, 0.6) is 0 Å². The van der Waals surface area contributed by atoms with Crippen LogP contribution in [0.4, 0.5) is 5.69 Å². The summed E-state index contributed by atoms with van der Waals surface area (Å²) in [6.45, 7) is 0.391. The minimum absolute atomic E-state index is 0.146. The first kappa shape index (κ1) is 17.1.